The third kappa shape index (κ3) is 4.05. The molecule has 0 aliphatic rings. The number of hydrogen-bond donors (Lipinski definition) is 1. The zero-order chi connectivity index (χ0) is 14.5. The van der Waals surface area contributed by atoms with Crippen molar-refractivity contribution in [2.45, 2.75) is 20.3 Å². The molecule has 3 nitrogen and oxygen atoms in total. The van der Waals surface area contributed by atoms with Crippen molar-refractivity contribution in [1.29, 1.82) is 0 Å². The Morgan fingerprint density at radius 1 is 1.40 bits per heavy atom. The molecule has 20 heavy (non-hydrogen) atoms. The first kappa shape index (κ1) is 15.0. The fourth-order valence-corrected chi connectivity index (χ4v) is 1.98. The van der Waals surface area contributed by atoms with Crippen LogP contribution in [-0.2, 0) is 6.42 Å². The van der Waals surface area contributed by atoms with Gasteiger partial charge in [-0.05, 0) is 30.7 Å². The van der Waals surface area contributed by atoms with Crippen LogP contribution < -0.4 is 5.32 Å². The van der Waals surface area contributed by atoms with E-state index >= 15 is 0 Å². The number of nitrogens with zero attached hydrogens (tertiary/aromatic N) is 1. The smallest absolute Gasteiger partial charge is 0.196 e. The minimum atomic E-state index is -0.437. The van der Waals surface area contributed by atoms with Crippen molar-refractivity contribution in [3.05, 3.63) is 41.1 Å². The monoisotopic (exact) mass is 296 g/mol. The van der Waals surface area contributed by atoms with Gasteiger partial charge >= 0.3 is 0 Å². The van der Waals surface area contributed by atoms with E-state index in [4.69, 9.17) is 16.0 Å². The number of oxazole rings is 1. The van der Waals surface area contributed by atoms with E-state index in [-0.39, 0.29) is 5.02 Å². The quantitative estimate of drug-likeness (QED) is 0.821. The zero-order valence-corrected chi connectivity index (χ0v) is 12.4. The Morgan fingerprint density at radius 2 is 2.20 bits per heavy atom. The van der Waals surface area contributed by atoms with Crippen LogP contribution in [-0.4, -0.2) is 18.1 Å². The fraction of sp³-hybridized carbons (Fsp3) is 0.400. The van der Waals surface area contributed by atoms with Gasteiger partial charge in [-0.15, -0.1) is 0 Å². The summed E-state index contributed by atoms with van der Waals surface area (Å²) in [5.41, 5.74) is 0.727. The van der Waals surface area contributed by atoms with E-state index in [0.29, 0.717) is 17.6 Å². The molecule has 1 N–H and O–H groups in total. The summed E-state index contributed by atoms with van der Waals surface area (Å²) in [6.45, 7) is 6.12. The topological polar surface area (TPSA) is 38.1 Å². The molecule has 0 aliphatic heterocycles. The average molecular weight is 297 g/mol. The highest BCUT2D eigenvalue weighted by Crippen LogP contribution is 2.25. The van der Waals surface area contributed by atoms with Crippen molar-refractivity contribution >= 4 is 11.6 Å². The van der Waals surface area contributed by atoms with E-state index < -0.39 is 5.82 Å². The molecular weight excluding hydrogens is 279 g/mol. The van der Waals surface area contributed by atoms with Gasteiger partial charge in [0.05, 0.1) is 11.2 Å². The molecule has 0 radical (unpaired) electrons. The van der Waals surface area contributed by atoms with Crippen molar-refractivity contribution < 1.29 is 8.81 Å². The molecule has 108 valence electrons. The molecule has 1 aromatic heterocycles. The van der Waals surface area contributed by atoms with Crippen LogP contribution in [0.15, 0.2) is 28.8 Å². The summed E-state index contributed by atoms with van der Waals surface area (Å²) in [4.78, 5) is 4.22. The van der Waals surface area contributed by atoms with Crippen LogP contribution in [0.25, 0.3) is 11.3 Å². The van der Waals surface area contributed by atoms with E-state index in [1.54, 1.807) is 12.3 Å². The summed E-state index contributed by atoms with van der Waals surface area (Å²) < 4.78 is 18.7. The minimum absolute atomic E-state index is 0.0825. The van der Waals surface area contributed by atoms with Gasteiger partial charge in [0.15, 0.2) is 11.7 Å². The second-order valence-electron chi connectivity index (χ2n) is 5.10. The van der Waals surface area contributed by atoms with Crippen LogP contribution in [0.3, 0.4) is 0 Å². The van der Waals surface area contributed by atoms with E-state index in [0.717, 1.165) is 25.1 Å². The van der Waals surface area contributed by atoms with E-state index in [1.165, 1.54) is 12.1 Å². The highest BCUT2D eigenvalue weighted by molar-refractivity contribution is 6.31. The third-order valence-corrected chi connectivity index (χ3v) is 3.12. The highest BCUT2D eigenvalue weighted by Gasteiger charge is 2.08. The summed E-state index contributed by atoms with van der Waals surface area (Å²) >= 11 is 5.76. The molecule has 0 spiro atoms. The van der Waals surface area contributed by atoms with Gasteiger partial charge in [-0.25, -0.2) is 9.37 Å². The lowest BCUT2D eigenvalue weighted by atomic mass is 10.2. The Hall–Kier alpha value is -1.39. The number of nitrogens with one attached hydrogen (secondary N) is 1. The Morgan fingerprint density at radius 3 is 2.90 bits per heavy atom. The lowest BCUT2D eigenvalue weighted by Crippen LogP contribution is -2.22. The summed E-state index contributed by atoms with van der Waals surface area (Å²) in [6, 6.07) is 4.49. The van der Waals surface area contributed by atoms with Gasteiger partial charge in [-0.2, -0.15) is 0 Å². The second-order valence-corrected chi connectivity index (χ2v) is 5.50. The van der Waals surface area contributed by atoms with Crippen molar-refractivity contribution in [3.8, 4) is 11.3 Å². The van der Waals surface area contributed by atoms with Gasteiger partial charge < -0.3 is 9.73 Å². The van der Waals surface area contributed by atoms with Crippen molar-refractivity contribution in [2.75, 3.05) is 13.1 Å². The Balaban J connectivity index is 1.96. The predicted molar refractivity (Wildman–Crippen MR) is 78.3 cm³/mol. The van der Waals surface area contributed by atoms with Crippen LogP contribution in [0, 0.1) is 11.7 Å². The van der Waals surface area contributed by atoms with Crippen LogP contribution in [0.4, 0.5) is 4.39 Å². The van der Waals surface area contributed by atoms with Crippen LogP contribution in [0.5, 0.6) is 0 Å². The van der Waals surface area contributed by atoms with Gasteiger partial charge in [0.2, 0.25) is 0 Å². The van der Waals surface area contributed by atoms with E-state index in [9.17, 15) is 4.39 Å². The van der Waals surface area contributed by atoms with E-state index in [1.807, 2.05) is 0 Å². The summed E-state index contributed by atoms with van der Waals surface area (Å²) in [6.07, 6.45) is 2.36. The first-order valence-corrected chi connectivity index (χ1v) is 7.05. The average Bonchev–Trinajstić information content (AvgIpc) is 2.86. The van der Waals surface area contributed by atoms with Crippen molar-refractivity contribution in [2.24, 2.45) is 5.92 Å². The van der Waals surface area contributed by atoms with Gasteiger partial charge in [-0.3, -0.25) is 0 Å². The molecule has 0 bridgehead atoms. The van der Waals surface area contributed by atoms with Gasteiger partial charge in [0.25, 0.3) is 0 Å². The minimum Gasteiger partial charge on any atom is -0.441 e. The van der Waals surface area contributed by atoms with Crippen LogP contribution >= 0.6 is 11.6 Å². The maximum atomic E-state index is 13.1. The number of halogens is 2. The number of hydrogen-bond acceptors (Lipinski definition) is 3. The molecule has 0 saturated heterocycles. The summed E-state index contributed by atoms with van der Waals surface area (Å²) in [5, 5.41) is 3.41. The molecule has 0 atom stereocenters. The molecule has 0 amide bonds. The van der Waals surface area contributed by atoms with Gasteiger partial charge in [0, 0.05) is 18.5 Å². The van der Waals surface area contributed by atoms with Crippen molar-refractivity contribution in [1.82, 2.24) is 10.3 Å². The highest BCUT2D eigenvalue weighted by atomic mass is 35.5. The predicted octanol–water partition coefficient (Wildman–Crippen LogP) is 3.92. The molecule has 0 unspecified atom stereocenters. The fourth-order valence-electron chi connectivity index (χ4n) is 1.79. The number of benzene rings is 1. The lowest BCUT2D eigenvalue weighted by molar-refractivity contribution is 0.483. The standard InChI is InChI=1S/C15H18ClFN2O/c1-10(2)8-18-6-5-15-19-9-14(20-15)11-3-4-13(17)12(16)7-11/h3-4,7,9-10,18H,5-6,8H2,1-2H3. The molecule has 5 heteroatoms. The van der Waals surface area contributed by atoms with Crippen LogP contribution in [0.1, 0.15) is 19.7 Å². The molecule has 2 rings (SSSR count). The summed E-state index contributed by atoms with van der Waals surface area (Å²) in [5.74, 6) is 1.45. The Kier molecular flexibility index (Phi) is 5.15. The maximum Gasteiger partial charge on any atom is 0.196 e. The molecule has 1 heterocycles. The molecule has 0 saturated carbocycles. The van der Waals surface area contributed by atoms with Gasteiger partial charge in [0.1, 0.15) is 5.82 Å². The first-order chi connectivity index (χ1) is 9.56. The summed E-state index contributed by atoms with van der Waals surface area (Å²) in [7, 11) is 0. The van der Waals surface area contributed by atoms with Gasteiger partial charge in [-0.1, -0.05) is 25.4 Å². The Labute approximate surface area is 123 Å². The van der Waals surface area contributed by atoms with Crippen molar-refractivity contribution in [3.63, 3.8) is 0 Å². The third-order valence-electron chi connectivity index (χ3n) is 2.83. The van der Waals surface area contributed by atoms with E-state index in [2.05, 4.69) is 24.1 Å². The molecule has 0 fully saturated rings. The zero-order valence-electron chi connectivity index (χ0n) is 11.6. The second kappa shape index (κ2) is 6.86. The molecule has 1 aromatic carbocycles. The largest absolute Gasteiger partial charge is 0.441 e. The molecule has 0 aliphatic carbocycles. The van der Waals surface area contributed by atoms with Crippen LogP contribution in [0.2, 0.25) is 5.02 Å². The lowest BCUT2D eigenvalue weighted by Gasteiger charge is -2.05. The first-order valence-electron chi connectivity index (χ1n) is 6.67. The maximum absolute atomic E-state index is 13.1. The molecule has 2 aromatic rings. The SMILES string of the molecule is CC(C)CNCCc1ncc(-c2ccc(F)c(Cl)c2)o1. The number of aromatic nitrogens is 1. The molecular formula is C15H18ClFN2O. The Bertz CT molecular complexity index is 569. The normalized spacial score (nSPS) is 11.2. The number of rotatable bonds is 6.